The second kappa shape index (κ2) is 8.83. The van der Waals surface area contributed by atoms with Crippen molar-refractivity contribution in [2.45, 2.75) is 18.9 Å². The van der Waals surface area contributed by atoms with Crippen molar-refractivity contribution in [2.75, 3.05) is 11.1 Å². The maximum absolute atomic E-state index is 12.6. The van der Waals surface area contributed by atoms with E-state index in [1.165, 1.54) is 17.8 Å². The van der Waals surface area contributed by atoms with Gasteiger partial charge in [-0.1, -0.05) is 54.2 Å². The normalized spacial score (nSPS) is 10.9. The fourth-order valence-corrected chi connectivity index (χ4v) is 5.12. The average Bonchev–Trinajstić information content (AvgIpc) is 3.18. The minimum absolute atomic E-state index is 0.0769. The molecule has 0 aliphatic carbocycles. The van der Waals surface area contributed by atoms with Crippen LogP contribution in [0.15, 0.2) is 59.6 Å². The molecule has 0 saturated heterocycles. The van der Waals surface area contributed by atoms with Crippen molar-refractivity contribution in [3.8, 4) is 10.4 Å². The van der Waals surface area contributed by atoms with Gasteiger partial charge in [0.2, 0.25) is 5.91 Å². The first-order valence-electron chi connectivity index (χ1n) is 9.42. The third kappa shape index (κ3) is 4.57. The zero-order chi connectivity index (χ0) is 22.0. The number of anilines is 1. The van der Waals surface area contributed by atoms with Gasteiger partial charge in [0.15, 0.2) is 0 Å². The van der Waals surface area contributed by atoms with Gasteiger partial charge in [0, 0.05) is 16.3 Å². The van der Waals surface area contributed by atoms with Gasteiger partial charge in [-0.25, -0.2) is 9.97 Å². The Morgan fingerprint density at radius 2 is 1.90 bits per heavy atom. The van der Waals surface area contributed by atoms with Crippen molar-refractivity contribution >= 4 is 50.6 Å². The van der Waals surface area contributed by atoms with Crippen LogP contribution in [0.25, 0.3) is 20.7 Å². The molecule has 0 spiro atoms. The lowest BCUT2D eigenvalue weighted by Crippen LogP contribution is -2.16. The molecule has 0 aliphatic rings. The zero-order valence-corrected chi connectivity index (χ0v) is 18.4. The summed E-state index contributed by atoms with van der Waals surface area (Å²) in [5.74, 6) is 0.379. The van der Waals surface area contributed by atoms with Gasteiger partial charge < -0.3 is 5.32 Å². The van der Waals surface area contributed by atoms with Crippen molar-refractivity contribution in [2.24, 2.45) is 0 Å². The number of carbonyl (C=O) groups excluding carboxylic acids is 1. The number of nitrogens with zero attached hydrogens (tertiary/aromatic N) is 3. The third-order valence-corrected chi connectivity index (χ3v) is 6.65. The fraction of sp³-hybridized carbons (Fsp3) is 0.136. The maximum Gasteiger partial charge on any atom is 0.293 e. The molecule has 31 heavy (non-hydrogen) atoms. The SMILES string of the molecule is Cc1nc(SCC(=O)Nc2c(C)cccc2[N+](=O)[O-])c2cc(-c3ccccc3)sc2n1. The number of thioether (sulfide) groups is 1. The second-order valence-electron chi connectivity index (χ2n) is 6.83. The smallest absolute Gasteiger partial charge is 0.293 e. The third-order valence-electron chi connectivity index (χ3n) is 4.58. The number of hydrogen-bond donors (Lipinski definition) is 1. The number of nitro benzene ring substituents is 1. The lowest BCUT2D eigenvalue weighted by molar-refractivity contribution is -0.384. The molecular weight excluding hydrogens is 432 g/mol. The first kappa shape index (κ1) is 21.0. The molecule has 1 amide bonds. The van der Waals surface area contributed by atoms with Gasteiger partial charge in [0.1, 0.15) is 21.4 Å². The standard InChI is InChI=1S/C22H18N4O3S2/c1-13-7-6-10-17(26(28)29)20(13)25-19(27)12-30-21-16-11-18(15-8-4-3-5-9-15)31-22(16)24-14(2)23-21/h3-11H,12H2,1-2H3,(H,25,27). The number of aryl methyl sites for hydroxylation is 2. The minimum atomic E-state index is -0.496. The van der Waals surface area contributed by atoms with E-state index in [9.17, 15) is 14.9 Å². The van der Waals surface area contributed by atoms with E-state index in [1.807, 2.05) is 43.3 Å². The van der Waals surface area contributed by atoms with Gasteiger partial charge in [-0.15, -0.1) is 11.3 Å². The monoisotopic (exact) mass is 450 g/mol. The Hall–Kier alpha value is -3.30. The van der Waals surface area contributed by atoms with Crippen LogP contribution in [0.5, 0.6) is 0 Å². The first-order chi connectivity index (χ1) is 14.9. The summed E-state index contributed by atoms with van der Waals surface area (Å²) in [6, 6.07) is 16.8. The zero-order valence-electron chi connectivity index (χ0n) is 16.8. The van der Waals surface area contributed by atoms with E-state index in [2.05, 4.69) is 15.3 Å². The maximum atomic E-state index is 12.6. The van der Waals surface area contributed by atoms with E-state index in [1.54, 1.807) is 30.4 Å². The van der Waals surface area contributed by atoms with Crippen LogP contribution in [0.1, 0.15) is 11.4 Å². The summed E-state index contributed by atoms with van der Waals surface area (Å²) in [6.45, 7) is 3.55. The summed E-state index contributed by atoms with van der Waals surface area (Å²) in [4.78, 5) is 34.3. The highest BCUT2D eigenvalue weighted by Crippen LogP contribution is 2.36. The number of carbonyl (C=O) groups is 1. The molecule has 0 aliphatic heterocycles. The van der Waals surface area contributed by atoms with E-state index >= 15 is 0 Å². The fourth-order valence-electron chi connectivity index (χ4n) is 3.13. The summed E-state index contributed by atoms with van der Waals surface area (Å²) in [7, 11) is 0. The van der Waals surface area contributed by atoms with E-state index in [4.69, 9.17) is 0 Å². The molecule has 2 heterocycles. The van der Waals surface area contributed by atoms with Crippen molar-refractivity contribution in [3.63, 3.8) is 0 Å². The van der Waals surface area contributed by atoms with Gasteiger partial charge in [-0.05, 0) is 31.0 Å². The molecule has 156 valence electrons. The van der Waals surface area contributed by atoms with Gasteiger partial charge in [0.05, 0.1) is 10.7 Å². The lowest BCUT2D eigenvalue weighted by Gasteiger charge is -2.09. The van der Waals surface area contributed by atoms with E-state index in [0.29, 0.717) is 11.4 Å². The summed E-state index contributed by atoms with van der Waals surface area (Å²) in [6.07, 6.45) is 0. The number of fused-ring (bicyclic) bond motifs is 1. The molecule has 4 aromatic rings. The molecule has 4 rings (SSSR count). The molecule has 7 nitrogen and oxygen atoms in total. The molecular formula is C22H18N4O3S2. The number of amides is 1. The molecule has 0 atom stereocenters. The molecule has 1 N–H and O–H groups in total. The van der Waals surface area contributed by atoms with Crippen LogP contribution in [-0.2, 0) is 4.79 Å². The summed E-state index contributed by atoms with van der Waals surface area (Å²) < 4.78 is 0. The quantitative estimate of drug-likeness (QED) is 0.177. The lowest BCUT2D eigenvalue weighted by atomic mass is 10.1. The number of aromatic nitrogens is 2. The number of thiophene rings is 1. The molecule has 0 unspecified atom stereocenters. The predicted octanol–water partition coefficient (Wildman–Crippen LogP) is 5.61. The Morgan fingerprint density at radius 1 is 1.13 bits per heavy atom. The van der Waals surface area contributed by atoms with Gasteiger partial charge >= 0.3 is 0 Å². The van der Waals surface area contributed by atoms with Crippen LogP contribution in [-0.4, -0.2) is 26.6 Å². The Morgan fingerprint density at radius 3 is 2.65 bits per heavy atom. The highest BCUT2D eigenvalue weighted by atomic mass is 32.2. The molecule has 0 radical (unpaired) electrons. The first-order valence-corrected chi connectivity index (χ1v) is 11.2. The molecule has 0 bridgehead atoms. The highest BCUT2D eigenvalue weighted by molar-refractivity contribution is 8.00. The predicted molar refractivity (Wildman–Crippen MR) is 125 cm³/mol. The Bertz CT molecular complexity index is 1290. The Balaban J connectivity index is 1.56. The van der Waals surface area contributed by atoms with E-state index in [0.717, 1.165) is 25.7 Å². The van der Waals surface area contributed by atoms with Gasteiger partial charge in [-0.2, -0.15) is 0 Å². The number of nitrogens with one attached hydrogen (secondary N) is 1. The summed E-state index contributed by atoms with van der Waals surface area (Å²) in [5, 5.41) is 15.6. The van der Waals surface area contributed by atoms with Crippen LogP contribution in [0.3, 0.4) is 0 Å². The number of para-hydroxylation sites is 1. The summed E-state index contributed by atoms with van der Waals surface area (Å²) >= 11 is 2.88. The topological polar surface area (TPSA) is 98.0 Å². The van der Waals surface area contributed by atoms with Crippen molar-refractivity contribution in [3.05, 3.63) is 76.1 Å². The minimum Gasteiger partial charge on any atom is -0.319 e. The Kier molecular flexibility index (Phi) is 5.97. The van der Waals surface area contributed by atoms with Crippen LogP contribution < -0.4 is 5.32 Å². The number of rotatable bonds is 6. The van der Waals surface area contributed by atoms with Crippen molar-refractivity contribution in [1.29, 1.82) is 0 Å². The molecule has 0 saturated carbocycles. The number of hydrogen-bond acceptors (Lipinski definition) is 7. The van der Waals surface area contributed by atoms with Crippen molar-refractivity contribution in [1.82, 2.24) is 9.97 Å². The van der Waals surface area contributed by atoms with E-state index < -0.39 is 4.92 Å². The largest absolute Gasteiger partial charge is 0.319 e. The van der Waals surface area contributed by atoms with Crippen molar-refractivity contribution < 1.29 is 9.72 Å². The molecule has 9 heteroatoms. The van der Waals surface area contributed by atoms with Gasteiger partial charge in [0.25, 0.3) is 5.69 Å². The van der Waals surface area contributed by atoms with E-state index in [-0.39, 0.29) is 23.0 Å². The summed E-state index contributed by atoms with van der Waals surface area (Å²) in [5.41, 5.74) is 1.84. The molecule has 2 aromatic carbocycles. The number of benzene rings is 2. The average molecular weight is 451 g/mol. The van der Waals surface area contributed by atoms with Crippen LogP contribution >= 0.6 is 23.1 Å². The van der Waals surface area contributed by atoms with Crippen LogP contribution in [0.4, 0.5) is 11.4 Å². The Labute approximate surface area is 186 Å². The van der Waals surface area contributed by atoms with Crippen LogP contribution in [0, 0.1) is 24.0 Å². The molecule has 2 aromatic heterocycles. The van der Waals surface area contributed by atoms with Gasteiger partial charge in [-0.3, -0.25) is 14.9 Å². The second-order valence-corrected chi connectivity index (χ2v) is 8.83. The number of nitro groups is 1. The highest BCUT2D eigenvalue weighted by Gasteiger charge is 2.19. The van der Waals surface area contributed by atoms with Crippen LogP contribution in [0.2, 0.25) is 0 Å². The molecule has 0 fully saturated rings.